The molecule has 19 heavy (non-hydrogen) atoms. The molecular weight excluding hydrogens is 280 g/mol. The summed E-state index contributed by atoms with van der Waals surface area (Å²) in [4.78, 5) is 1.42. The molecule has 1 aliphatic carbocycles. The molecule has 0 bridgehead atoms. The first-order valence-corrected chi connectivity index (χ1v) is 7.72. The van der Waals surface area contributed by atoms with E-state index in [0.717, 1.165) is 28.6 Å². The van der Waals surface area contributed by atoms with E-state index >= 15 is 0 Å². The standard InChI is InChI=1S/C14H17ClN2OS/c1-7(14-8(2)17-18-9(14)3)16-11-4-5-12-10(11)6-13(15)19-12/h6-7,11,16H,4-5H2,1-3H3. The zero-order chi connectivity index (χ0) is 13.6. The second kappa shape index (κ2) is 4.93. The van der Waals surface area contributed by atoms with Crippen LogP contribution in [0.15, 0.2) is 10.6 Å². The van der Waals surface area contributed by atoms with Crippen molar-refractivity contribution in [1.82, 2.24) is 10.5 Å². The first-order valence-electron chi connectivity index (χ1n) is 6.53. The zero-order valence-electron chi connectivity index (χ0n) is 11.3. The van der Waals surface area contributed by atoms with Gasteiger partial charge in [0, 0.05) is 22.5 Å². The minimum atomic E-state index is 0.237. The van der Waals surface area contributed by atoms with Gasteiger partial charge in [-0.1, -0.05) is 16.8 Å². The number of aryl methyl sites for hydroxylation is 3. The Labute approximate surface area is 121 Å². The van der Waals surface area contributed by atoms with Gasteiger partial charge in [-0.15, -0.1) is 11.3 Å². The van der Waals surface area contributed by atoms with Crippen LogP contribution in [0.3, 0.4) is 0 Å². The fourth-order valence-corrected chi connectivity index (χ4v) is 4.35. The number of hydrogen-bond acceptors (Lipinski definition) is 4. The van der Waals surface area contributed by atoms with Crippen LogP contribution in [0.4, 0.5) is 0 Å². The quantitative estimate of drug-likeness (QED) is 0.915. The summed E-state index contributed by atoms with van der Waals surface area (Å²) in [6.07, 6.45) is 2.27. The molecule has 0 fully saturated rings. The first-order chi connectivity index (χ1) is 9.06. The molecule has 0 saturated carbocycles. The zero-order valence-corrected chi connectivity index (χ0v) is 12.9. The van der Waals surface area contributed by atoms with Gasteiger partial charge in [-0.2, -0.15) is 0 Å². The Morgan fingerprint density at radius 3 is 3.00 bits per heavy atom. The van der Waals surface area contributed by atoms with Crippen LogP contribution in [0.25, 0.3) is 0 Å². The molecule has 1 aliphatic rings. The summed E-state index contributed by atoms with van der Waals surface area (Å²) in [6, 6.07) is 2.73. The van der Waals surface area contributed by atoms with Gasteiger partial charge in [0.1, 0.15) is 5.76 Å². The monoisotopic (exact) mass is 296 g/mol. The van der Waals surface area contributed by atoms with Gasteiger partial charge in [0.25, 0.3) is 0 Å². The molecule has 2 heterocycles. The molecule has 3 rings (SSSR count). The first kappa shape index (κ1) is 13.2. The predicted octanol–water partition coefficient (Wildman–Crippen LogP) is 4.34. The summed E-state index contributed by atoms with van der Waals surface area (Å²) in [7, 11) is 0. The summed E-state index contributed by atoms with van der Waals surface area (Å²) in [5.74, 6) is 0.902. The molecule has 0 amide bonds. The highest BCUT2D eigenvalue weighted by molar-refractivity contribution is 7.16. The molecule has 102 valence electrons. The number of aromatic nitrogens is 1. The Balaban J connectivity index is 1.79. The van der Waals surface area contributed by atoms with Crippen LogP contribution in [-0.2, 0) is 6.42 Å². The predicted molar refractivity (Wildman–Crippen MR) is 77.9 cm³/mol. The third kappa shape index (κ3) is 2.33. The summed E-state index contributed by atoms with van der Waals surface area (Å²) in [6.45, 7) is 6.12. The SMILES string of the molecule is Cc1noc(C)c1C(C)NC1CCc2sc(Cl)cc21. The maximum absolute atomic E-state index is 6.10. The lowest BCUT2D eigenvalue weighted by Crippen LogP contribution is -2.23. The number of nitrogens with zero attached hydrogens (tertiary/aromatic N) is 1. The molecule has 2 aromatic rings. The maximum atomic E-state index is 6.10. The highest BCUT2D eigenvalue weighted by atomic mass is 35.5. The average molecular weight is 297 g/mol. The normalized spacial score (nSPS) is 19.7. The van der Waals surface area contributed by atoms with E-state index in [-0.39, 0.29) is 6.04 Å². The Hall–Kier alpha value is -0.840. The van der Waals surface area contributed by atoms with E-state index in [1.807, 2.05) is 13.8 Å². The molecule has 5 heteroatoms. The van der Waals surface area contributed by atoms with Gasteiger partial charge in [-0.05, 0) is 45.2 Å². The van der Waals surface area contributed by atoms with Gasteiger partial charge in [0.2, 0.25) is 0 Å². The van der Waals surface area contributed by atoms with Crippen LogP contribution in [0.1, 0.15) is 52.9 Å². The summed E-state index contributed by atoms with van der Waals surface area (Å²) in [5, 5.41) is 7.71. The van der Waals surface area contributed by atoms with Gasteiger partial charge in [-0.3, -0.25) is 0 Å². The number of fused-ring (bicyclic) bond motifs is 1. The molecule has 2 aromatic heterocycles. The fourth-order valence-electron chi connectivity index (χ4n) is 3.00. The summed E-state index contributed by atoms with van der Waals surface area (Å²) >= 11 is 7.80. The third-order valence-electron chi connectivity index (χ3n) is 3.82. The van der Waals surface area contributed by atoms with E-state index in [4.69, 9.17) is 16.1 Å². The lowest BCUT2D eigenvalue weighted by atomic mass is 10.0. The van der Waals surface area contributed by atoms with Crippen molar-refractivity contribution in [2.75, 3.05) is 0 Å². The van der Waals surface area contributed by atoms with Crippen LogP contribution in [0.2, 0.25) is 4.34 Å². The molecule has 0 aromatic carbocycles. The van der Waals surface area contributed by atoms with Crippen molar-refractivity contribution >= 4 is 22.9 Å². The van der Waals surface area contributed by atoms with Gasteiger partial charge >= 0.3 is 0 Å². The van der Waals surface area contributed by atoms with Crippen molar-refractivity contribution in [3.05, 3.63) is 37.9 Å². The molecule has 2 atom stereocenters. The second-order valence-electron chi connectivity index (χ2n) is 5.15. The largest absolute Gasteiger partial charge is 0.361 e. The lowest BCUT2D eigenvalue weighted by Gasteiger charge is -2.19. The number of thiophene rings is 1. The van der Waals surface area contributed by atoms with Crippen molar-refractivity contribution in [1.29, 1.82) is 0 Å². The number of nitrogens with one attached hydrogen (secondary N) is 1. The van der Waals surface area contributed by atoms with E-state index in [1.165, 1.54) is 16.0 Å². The number of hydrogen-bond donors (Lipinski definition) is 1. The second-order valence-corrected chi connectivity index (χ2v) is 6.91. The van der Waals surface area contributed by atoms with Gasteiger partial charge in [0.15, 0.2) is 0 Å². The van der Waals surface area contributed by atoms with Gasteiger partial charge in [0.05, 0.1) is 10.0 Å². The van der Waals surface area contributed by atoms with E-state index in [1.54, 1.807) is 11.3 Å². The summed E-state index contributed by atoms with van der Waals surface area (Å²) < 4.78 is 6.14. The van der Waals surface area contributed by atoms with Gasteiger partial charge in [-0.25, -0.2) is 0 Å². The molecule has 0 saturated heterocycles. The van der Waals surface area contributed by atoms with Crippen LogP contribution in [-0.4, -0.2) is 5.16 Å². The highest BCUT2D eigenvalue weighted by Crippen LogP contribution is 2.40. The van der Waals surface area contributed by atoms with Crippen molar-refractivity contribution in [2.45, 2.75) is 45.7 Å². The summed E-state index contributed by atoms with van der Waals surface area (Å²) in [5.41, 5.74) is 3.52. The molecule has 1 N–H and O–H groups in total. The molecule has 0 radical (unpaired) electrons. The van der Waals surface area contributed by atoms with Crippen LogP contribution in [0, 0.1) is 13.8 Å². The molecular formula is C14H17ClN2OS. The minimum absolute atomic E-state index is 0.237. The Bertz CT molecular complexity index is 585. The van der Waals surface area contributed by atoms with Gasteiger partial charge < -0.3 is 9.84 Å². The Kier molecular flexibility index (Phi) is 3.41. The lowest BCUT2D eigenvalue weighted by molar-refractivity contribution is 0.388. The van der Waals surface area contributed by atoms with Crippen LogP contribution >= 0.6 is 22.9 Å². The number of halogens is 1. The van der Waals surface area contributed by atoms with Crippen molar-refractivity contribution in [2.24, 2.45) is 0 Å². The third-order valence-corrected chi connectivity index (χ3v) is 5.16. The van der Waals surface area contributed by atoms with E-state index in [0.29, 0.717) is 6.04 Å². The average Bonchev–Trinajstić information content (AvgIpc) is 2.97. The minimum Gasteiger partial charge on any atom is -0.361 e. The molecule has 0 spiro atoms. The van der Waals surface area contributed by atoms with E-state index < -0.39 is 0 Å². The van der Waals surface area contributed by atoms with E-state index in [2.05, 4.69) is 23.5 Å². The van der Waals surface area contributed by atoms with Crippen LogP contribution < -0.4 is 5.32 Å². The fraction of sp³-hybridized carbons (Fsp3) is 0.500. The van der Waals surface area contributed by atoms with Crippen molar-refractivity contribution in [3.63, 3.8) is 0 Å². The Morgan fingerprint density at radius 2 is 2.32 bits per heavy atom. The topological polar surface area (TPSA) is 38.1 Å². The van der Waals surface area contributed by atoms with Crippen molar-refractivity contribution < 1.29 is 4.52 Å². The molecule has 0 aliphatic heterocycles. The molecule has 3 nitrogen and oxygen atoms in total. The number of rotatable bonds is 3. The highest BCUT2D eigenvalue weighted by Gasteiger charge is 2.27. The maximum Gasteiger partial charge on any atom is 0.138 e. The van der Waals surface area contributed by atoms with E-state index in [9.17, 15) is 0 Å². The smallest absolute Gasteiger partial charge is 0.138 e. The van der Waals surface area contributed by atoms with Crippen molar-refractivity contribution in [3.8, 4) is 0 Å². The molecule has 2 unspecified atom stereocenters. The Morgan fingerprint density at radius 1 is 1.53 bits per heavy atom. The van der Waals surface area contributed by atoms with Crippen LogP contribution in [0.5, 0.6) is 0 Å².